The van der Waals surface area contributed by atoms with E-state index in [2.05, 4.69) is 68.4 Å². The molecule has 1 N–H and O–H groups in total. The summed E-state index contributed by atoms with van der Waals surface area (Å²) in [7, 11) is 2.09. The van der Waals surface area contributed by atoms with Crippen LogP contribution in [0.4, 0.5) is 5.82 Å². The van der Waals surface area contributed by atoms with E-state index >= 15 is 0 Å². The van der Waals surface area contributed by atoms with Gasteiger partial charge in [-0.1, -0.05) is 38.1 Å². The van der Waals surface area contributed by atoms with Gasteiger partial charge in [0.25, 0.3) is 0 Å². The largest absolute Gasteiger partial charge is 0.359 e. The lowest BCUT2D eigenvalue weighted by atomic mass is 10.1. The minimum Gasteiger partial charge on any atom is -0.359 e. The molecule has 1 heterocycles. The fraction of sp³-hybridized carbons (Fsp3) is 0.438. The summed E-state index contributed by atoms with van der Waals surface area (Å²) in [6.07, 6.45) is 0. The zero-order valence-electron chi connectivity index (χ0n) is 12.3. The molecule has 102 valence electrons. The van der Waals surface area contributed by atoms with Crippen LogP contribution >= 0.6 is 0 Å². The van der Waals surface area contributed by atoms with Crippen LogP contribution in [0.15, 0.2) is 30.3 Å². The fourth-order valence-corrected chi connectivity index (χ4v) is 2.07. The van der Waals surface area contributed by atoms with Gasteiger partial charge in [0.15, 0.2) is 0 Å². The van der Waals surface area contributed by atoms with E-state index in [-0.39, 0.29) is 0 Å². The Morgan fingerprint density at radius 1 is 1.26 bits per heavy atom. The second kappa shape index (κ2) is 6.02. The van der Waals surface area contributed by atoms with Gasteiger partial charge in [-0.2, -0.15) is 0 Å². The first-order valence-electron chi connectivity index (χ1n) is 6.95. The first-order chi connectivity index (χ1) is 9.11. The smallest absolute Gasteiger partial charge is 0.136 e. The van der Waals surface area contributed by atoms with Crippen LogP contribution in [0.5, 0.6) is 0 Å². The van der Waals surface area contributed by atoms with Crippen molar-refractivity contribution in [3.8, 4) is 0 Å². The molecule has 0 aliphatic heterocycles. The molecule has 0 fully saturated rings. The first kappa shape index (κ1) is 13.8. The van der Waals surface area contributed by atoms with Crippen LogP contribution in [0.2, 0.25) is 0 Å². The first-order valence-corrected chi connectivity index (χ1v) is 6.95. The summed E-state index contributed by atoms with van der Waals surface area (Å²) in [5, 5.41) is 5.91. The molecule has 0 bridgehead atoms. The molecule has 0 aliphatic rings. The Hall–Kier alpha value is -1.61. The summed E-state index contributed by atoms with van der Waals surface area (Å²) in [6, 6.07) is 11.1. The maximum Gasteiger partial charge on any atom is 0.136 e. The Labute approximate surface area is 115 Å². The van der Waals surface area contributed by atoms with Crippen molar-refractivity contribution in [2.45, 2.75) is 33.4 Å². The van der Waals surface area contributed by atoms with Gasteiger partial charge in [0, 0.05) is 31.6 Å². The number of nitrogens with one attached hydrogen (secondary N) is 1. The molecule has 19 heavy (non-hydrogen) atoms. The standard InChI is InChI=1S/C16H23N3/c1-5-19(4)16-15-9-7-6-8-13(15)10-14(18-16)11-17-12(2)3/h6-10,12,17H,5,11H2,1-4H3. The molecule has 1 aromatic heterocycles. The zero-order valence-corrected chi connectivity index (χ0v) is 12.3. The van der Waals surface area contributed by atoms with Crippen LogP contribution in [-0.4, -0.2) is 24.6 Å². The van der Waals surface area contributed by atoms with Gasteiger partial charge in [-0.3, -0.25) is 0 Å². The highest BCUT2D eigenvalue weighted by atomic mass is 15.2. The second-order valence-corrected chi connectivity index (χ2v) is 5.21. The van der Waals surface area contributed by atoms with Crippen molar-refractivity contribution in [2.24, 2.45) is 0 Å². The highest BCUT2D eigenvalue weighted by Crippen LogP contribution is 2.24. The monoisotopic (exact) mass is 257 g/mol. The molecule has 0 unspecified atom stereocenters. The lowest BCUT2D eigenvalue weighted by Gasteiger charge is -2.19. The Balaban J connectivity index is 2.44. The average molecular weight is 257 g/mol. The molecule has 0 spiro atoms. The van der Waals surface area contributed by atoms with Gasteiger partial charge in [-0.05, 0) is 18.4 Å². The van der Waals surface area contributed by atoms with Gasteiger partial charge in [0.05, 0.1) is 5.69 Å². The van der Waals surface area contributed by atoms with Gasteiger partial charge in [0.2, 0.25) is 0 Å². The minimum atomic E-state index is 0.473. The third-order valence-corrected chi connectivity index (χ3v) is 3.30. The van der Waals surface area contributed by atoms with Crippen molar-refractivity contribution >= 4 is 16.6 Å². The van der Waals surface area contributed by atoms with Gasteiger partial charge in [-0.25, -0.2) is 4.98 Å². The minimum absolute atomic E-state index is 0.473. The Kier molecular flexibility index (Phi) is 4.38. The van der Waals surface area contributed by atoms with E-state index in [0.29, 0.717) is 6.04 Å². The van der Waals surface area contributed by atoms with Crippen LogP contribution in [0.25, 0.3) is 10.8 Å². The van der Waals surface area contributed by atoms with Gasteiger partial charge < -0.3 is 10.2 Å². The van der Waals surface area contributed by atoms with Crippen molar-refractivity contribution in [3.63, 3.8) is 0 Å². The predicted molar refractivity (Wildman–Crippen MR) is 82.7 cm³/mol. The maximum absolute atomic E-state index is 4.81. The van der Waals surface area contributed by atoms with Crippen molar-refractivity contribution in [1.82, 2.24) is 10.3 Å². The number of aromatic nitrogens is 1. The summed E-state index contributed by atoms with van der Waals surface area (Å²) in [5.41, 5.74) is 1.10. The molecule has 0 saturated heterocycles. The molecule has 3 heteroatoms. The molecule has 2 rings (SSSR count). The number of hydrogen-bond acceptors (Lipinski definition) is 3. The van der Waals surface area contributed by atoms with Crippen molar-refractivity contribution < 1.29 is 0 Å². The van der Waals surface area contributed by atoms with Crippen LogP contribution < -0.4 is 10.2 Å². The average Bonchev–Trinajstić information content (AvgIpc) is 2.43. The number of fused-ring (bicyclic) bond motifs is 1. The molecule has 2 aromatic rings. The zero-order chi connectivity index (χ0) is 13.8. The van der Waals surface area contributed by atoms with E-state index < -0.39 is 0 Å². The van der Waals surface area contributed by atoms with Crippen LogP contribution in [-0.2, 0) is 6.54 Å². The molecule has 0 amide bonds. The maximum atomic E-state index is 4.81. The second-order valence-electron chi connectivity index (χ2n) is 5.21. The number of hydrogen-bond donors (Lipinski definition) is 1. The summed E-state index contributed by atoms with van der Waals surface area (Å²) < 4.78 is 0. The van der Waals surface area contributed by atoms with Crippen LogP contribution in [0.1, 0.15) is 26.5 Å². The van der Waals surface area contributed by atoms with Gasteiger partial charge in [-0.15, -0.1) is 0 Å². The van der Waals surface area contributed by atoms with Crippen molar-refractivity contribution in [3.05, 3.63) is 36.0 Å². The van der Waals surface area contributed by atoms with E-state index in [0.717, 1.165) is 24.6 Å². The lowest BCUT2D eigenvalue weighted by molar-refractivity contribution is 0.582. The van der Waals surface area contributed by atoms with E-state index in [1.165, 1.54) is 10.8 Å². The van der Waals surface area contributed by atoms with Crippen molar-refractivity contribution in [2.75, 3.05) is 18.5 Å². The molecule has 0 saturated carbocycles. The van der Waals surface area contributed by atoms with Crippen molar-refractivity contribution in [1.29, 1.82) is 0 Å². The SMILES string of the molecule is CCN(C)c1nc(CNC(C)C)cc2ccccc12. The topological polar surface area (TPSA) is 28.2 Å². The summed E-state index contributed by atoms with van der Waals surface area (Å²) in [4.78, 5) is 7.00. The highest BCUT2D eigenvalue weighted by molar-refractivity contribution is 5.92. The number of rotatable bonds is 5. The molecule has 0 radical (unpaired) electrons. The highest BCUT2D eigenvalue weighted by Gasteiger charge is 2.09. The number of benzene rings is 1. The summed E-state index contributed by atoms with van der Waals surface area (Å²) in [6.45, 7) is 8.22. The Morgan fingerprint density at radius 2 is 2.00 bits per heavy atom. The van der Waals surface area contributed by atoms with E-state index in [1.807, 2.05) is 0 Å². The van der Waals surface area contributed by atoms with Gasteiger partial charge >= 0.3 is 0 Å². The van der Waals surface area contributed by atoms with E-state index in [1.54, 1.807) is 0 Å². The van der Waals surface area contributed by atoms with Crippen LogP contribution in [0.3, 0.4) is 0 Å². The van der Waals surface area contributed by atoms with Crippen LogP contribution in [0, 0.1) is 0 Å². The number of anilines is 1. The predicted octanol–water partition coefficient (Wildman–Crippen LogP) is 3.19. The van der Waals surface area contributed by atoms with Gasteiger partial charge in [0.1, 0.15) is 5.82 Å². The normalized spacial score (nSPS) is 11.2. The number of nitrogens with zero attached hydrogens (tertiary/aromatic N) is 2. The lowest BCUT2D eigenvalue weighted by Crippen LogP contribution is -2.23. The third kappa shape index (κ3) is 3.24. The summed E-state index contributed by atoms with van der Waals surface area (Å²) in [5.74, 6) is 1.07. The Morgan fingerprint density at radius 3 is 2.68 bits per heavy atom. The molecule has 1 aromatic carbocycles. The molecular weight excluding hydrogens is 234 g/mol. The molecule has 0 atom stereocenters. The molecular formula is C16H23N3. The Bertz CT molecular complexity index is 549. The third-order valence-electron chi connectivity index (χ3n) is 3.30. The molecule has 3 nitrogen and oxygen atoms in total. The van der Waals surface area contributed by atoms with E-state index in [9.17, 15) is 0 Å². The number of pyridine rings is 1. The summed E-state index contributed by atoms with van der Waals surface area (Å²) >= 11 is 0. The van der Waals surface area contributed by atoms with E-state index in [4.69, 9.17) is 4.98 Å². The fourth-order valence-electron chi connectivity index (χ4n) is 2.07. The quantitative estimate of drug-likeness (QED) is 0.891. The molecule has 0 aliphatic carbocycles.